The van der Waals surface area contributed by atoms with Crippen LogP contribution in [0.25, 0.3) is 0 Å². The van der Waals surface area contributed by atoms with Gasteiger partial charge in [0, 0.05) is 13.1 Å². The van der Waals surface area contributed by atoms with Crippen molar-refractivity contribution in [2.45, 2.75) is 51.7 Å². The maximum absolute atomic E-state index is 11.6. The lowest BCUT2D eigenvalue weighted by molar-refractivity contribution is -0.122. The van der Waals surface area contributed by atoms with Gasteiger partial charge in [-0.05, 0) is 44.0 Å². The van der Waals surface area contributed by atoms with Gasteiger partial charge in [-0.1, -0.05) is 37.1 Å². The van der Waals surface area contributed by atoms with Crippen molar-refractivity contribution in [1.29, 1.82) is 0 Å². The number of nitrogens with two attached hydrogens (primary N) is 1. The normalized spacial score (nSPS) is 17.2. The lowest BCUT2D eigenvalue weighted by atomic mass is 10.1. The highest BCUT2D eigenvalue weighted by atomic mass is 35.5. The van der Waals surface area contributed by atoms with E-state index in [4.69, 9.17) is 5.73 Å². The molecule has 2 rings (SSSR count). The number of carbonyl (C=O) groups excluding carboxylic acids is 1. The number of benzene rings is 1. The predicted octanol–water partition coefficient (Wildman–Crippen LogP) is 2.45. The second kappa shape index (κ2) is 9.82. The molecule has 1 heterocycles. The number of nitrogens with one attached hydrogen (secondary N) is 1. The average molecular weight is 326 g/mol. The number of nitrogens with zero attached hydrogens (tertiary/aromatic N) is 1. The molecule has 1 fully saturated rings. The van der Waals surface area contributed by atoms with E-state index < -0.39 is 6.04 Å². The molecule has 1 aliphatic heterocycles. The summed E-state index contributed by atoms with van der Waals surface area (Å²) in [7, 11) is 0. The number of rotatable bonds is 5. The van der Waals surface area contributed by atoms with E-state index >= 15 is 0 Å². The van der Waals surface area contributed by atoms with E-state index in [2.05, 4.69) is 28.4 Å². The SMILES string of the molecule is CC(N)C(=O)NCc1ccccc1CN1CCCCCC1.Cl. The minimum absolute atomic E-state index is 0. The van der Waals surface area contributed by atoms with Gasteiger partial charge in [-0.25, -0.2) is 0 Å². The second-order valence-electron chi connectivity index (χ2n) is 5.97. The third kappa shape index (κ3) is 5.95. The lowest BCUT2D eigenvalue weighted by Gasteiger charge is -2.21. The molecule has 0 bridgehead atoms. The standard InChI is InChI=1S/C17H27N3O.ClH/c1-14(18)17(21)19-12-15-8-4-5-9-16(15)13-20-10-6-2-3-7-11-20;/h4-5,8-9,14H,2-3,6-7,10-13,18H2,1H3,(H,19,21);1H. The molecule has 0 spiro atoms. The van der Waals surface area contributed by atoms with Crippen molar-refractivity contribution in [1.82, 2.24) is 10.2 Å². The van der Waals surface area contributed by atoms with Crippen LogP contribution in [0.1, 0.15) is 43.7 Å². The largest absolute Gasteiger partial charge is 0.351 e. The van der Waals surface area contributed by atoms with E-state index in [1.165, 1.54) is 49.9 Å². The molecule has 1 saturated heterocycles. The van der Waals surface area contributed by atoms with Crippen molar-refractivity contribution in [2.75, 3.05) is 13.1 Å². The highest BCUT2D eigenvalue weighted by Gasteiger charge is 2.12. The van der Waals surface area contributed by atoms with E-state index in [1.54, 1.807) is 6.92 Å². The molecule has 0 radical (unpaired) electrons. The zero-order valence-corrected chi connectivity index (χ0v) is 14.2. The van der Waals surface area contributed by atoms with Crippen LogP contribution in [0, 0.1) is 0 Å². The van der Waals surface area contributed by atoms with Crippen molar-refractivity contribution < 1.29 is 4.79 Å². The van der Waals surface area contributed by atoms with Crippen molar-refractivity contribution in [3.05, 3.63) is 35.4 Å². The fourth-order valence-electron chi connectivity index (χ4n) is 2.76. The van der Waals surface area contributed by atoms with Crippen LogP contribution in [0.5, 0.6) is 0 Å². The molecule has 1 aromatic carbocycles. The summed E-state index contributed by atoms with van der Waals surface area (Å²) >= 11 is 0. The monoisotopic (exact) mass is 325 g/mol. The van der Waals surface area contributed by atoms with Gasteiger partial charge >= 0.3 is 0 Å². The predicted molar refractivity (Wildman–Crippen MR) is 92.9 cm³/mol. The van der Waals surface area contributed by atoms with Gasteiger partial charge in [0.25, 0.3) is 0 Å². The molecule has 22 heavy (non-hydrogen) atoms. The Morgan fingerprint density at radius 2 is 1.77 bits per heavy atom. The fourth-order valence-corrected chi connectivity index (χ4v) is 2.76. The van der Waals surface area contributed by atoms with Crippen LogP contribution in [-0.2, 0) is 17.9 Å². The maximum atomic E-state index is 11.6. The summed E-state index contributed by atoms with van der Waals surface area (Å²) in [6.07, 6.45) is 5.29. The summed E-state index contributed by atoms with van der Waals surface area (Å²) in [6, 6.07) is 7.90. The molecule has 1 unspecified atom stereocenters. The molecule has 0 saturated carbocycles. The number of halogens is 1. The van der Waals surface area contributed by atoms with E-state index in [9.17, 15) is 4.79 Å². The van der Waals surface area contributed by atoms with Gasteiger partial charge in [-0.15, -0.1) is 12.4 Å². The van der Waals surface area contributed by atoms with Gasteiger partial charge in [-0.2, -0.15) is 0 Å². The molecule has 0 aliphatic carbocycles. The average Bonchev–Trinajstić information content (AvgIpc) is 2.74. The van der Waals surface area contributed by atoms with E-state index in [0.29, 0.717) is 6.54 Å². The molecule has 1 aliphatic rings. The van der Waals surface area contributed by atoms with Gasteiger partial charge in [0.1, 0.15) is 0 Å². The van der Waals surface area contributed by atoms with Crippen LogP contribution in [0.4, 0.5) is 0 Å². The Balaban J connectivity index is 0.00000242. The van der Waals surface area contributed by atoms with Crippen LogP contribution in [0.2, 0.25) is 0 Å². The summed E-state index contributed by atoms with van der Waals surface area (Å²) < 4.78 is 0. The highest BCUT2D eigenvalue weighted by Crippen LogP contribution is 2.16. The quantitative estimate of drug-likeness (QED) is 0.874. The second-order valence-corrected chi connectivity index (χ2v) is 5.97. The zero-order valence-electron chi connectivity index (χ0n) is 13.4. The Bertz CT molecular complexity index is 457. The van der Waals surface area contributed by atoms with Gasteiger partial charge in [0.2, 0.25) is 5.91 Å². The minimum atomic E-state index is -0.456. The summed E-state index contributed by atoms with van der Waals surface area (Å²) in [5.41, 5.74) is 8.08. The van der Waals surface area contributed by atoms with Crippen LogP contribution in [0.3, 0.4) is 0 Å². The number of hydrogen-bond donors (Lipinski definition) is 2. The van der Waals surface area contributed by atoms with Gasteiger partial charge in [0.05, 0.1) is 6.04 Å². The van der Waals surface area contributed by atoms with E-state index in [0.717, 1.165) is 6.54 Å². The van der Waals surface area contributed by atoms with E-state index in [-0.39, 0.29) is 18.3 Å². The number of hydrogen-bond acceptors (Lipinski definition) is 3. The Hall–Kier alpha value is -1.10. The molecule has 1 aromatic rings. The first-order valence-electron chi connectivity index (χ1n) is 7.99. The van der Waals surface area contributed by atoms with Crippen LogP contribution >= 0.6 is 12.4 Å². The summed E-state index contributed by atoms with van der Waals surface area (Å²) in [6.45, 7) is 5.61. The van der Waals surface area contributed by atoms with E-state index in [1.807, 2.05) is 6.07 Å². The number of amides is 1. The first kappa shape index (κ1) is 18.9. The zero-order chi connectivity index (χ0) is 15.1. The van der Waals surface area contributed by atoms with Gasteiger partial charge in [-0.3, -0.25) is 9.69 Å². The Labute approximate surface area is 139 Å². The van der Waals surface area contributed by atoms with Crippen LogP contribution in [0.15, 0.2) is 24.3 Å². The Kier molecular flexibility index (Phi) is 8.46. The van der Waals surface area contributed by atoms with Crippen LogP contribution in [-0.4, -0.2) is 29.9 Å². The highest BCUT2D eigenvalue weighted by molar-refractivity contribution is 5.85. The first-order valence-corrected chi connectivity index (χ1v) is 7.99. The maximum Gasteiger partial charge on any atom is 0.236 e. The van der Waals surface area contributed by atoms with Crippen molar-refractivity contribution in [3.63, 3.8) is 0 Å². The first-order chi connectivity index (χ1) is 10.2. The van der Waals surface area contributed by atoms with Gasteiger partial charge < -0.3 is 11.1 Å². The Morgan fingerprint density at radius 1 is 1.18 bits per heavy atom. The smallest absolute Gasteiger partial charge is 0.236 e. The van der Waals surface area contributed by atoms with Crippen molar-refractivity contribution >= 4 is 18.3 Å². The fraction of sp³-hybridized carbons (Fsp3) is 0.588. The minimum Gasteiger partial charge on any atom is -0.351 e. The molecular formula is C17H28ClN3O. The summed E-state index contributed by atoms with van der Waals surface area (Å²) in [5.74, 6) is -0.0976. The topological polar surface area (TPSA) is 58.4 Å². The molecule has 1 atom stereocenters. The molecule has 3 N–H and O–H groups in total. The van der Waals surface area contributed by atoms with Gasteiger partial charge in [0.15, 0.2) is 0 Å². The lowest BCUT2D eigenvalue weighted by Crippen LogP contribution is -2.38. The summed E-state index contributed by atoms with van der Waals surface area (Å²) in [4.78, 5) is 14.1. The summed E-state index contributed by atoms with van der Waals surface area (Å²) in [5, 5.41) is 2.91. The van der Waals surface area contributed by atoms with Crippen molar-refractivity contribution in [3.8, 4) is 0 Å². The number of carbonyl (C=O) groups is 1. The Morgan fingerprint density at radius 3 is 2.36 bits per heavy atom. The number of likely N-dealkylation sites (tertiary alicyclic amines) is 1. The molecule has 1 amide bonds. The third-order valence-corrected chi connectivity index (χ3v) is 4.08. The third-order valence-electron chi connectivity index (χ3n) is 4.08. The van der Waals surface area contributed by atoms with Crippen molar-refractivity contribution in [2.24, 2.45) is 5.73 Å². The molecule has 4 nitrogen and oxygen atoms in total. The molecule has 5 heteroatoms. The molecular weight excluding hydrogens is 298 g/mol. The van der Waals surface area contributed by atoms with Crippen LogP contribution < -0.4 is 11.1 Å². The molecule has 0 aromatic heterocycles. The molecule has 124 valence electrons.